The lowest BCUT2D eigenvalue weighted by Gasteiger charge is -2.06. The van der Waals surface area contributed by atoms with Crippen LogP contribution in [0.25, 0.3) is 0 Å². The summed E-state index contributed by atoms with van der Waals surface area (Å²) in [6.07, 6.45) is 32.2. The van der Waals surface area contributed by atoms with Gasteiger partial charge in [0, 0.05) is 0 Å². The van der Waals surface area contributed by atoms with Crippen molar-refractivity contribution < 1.29 is 0 Å². The van der Waals surface area contributed by atoms with Crippen LogP contribution in [0.2, 0.25) is 0 Å². The van der Waals surface area contributed by atoms with Crippen LogP contribution in [-0.2, 0) is 0 Å². The molecule has 0 aromatic carbocycles. The van der Waals surface area contributed by atoms with Gasteiger partial charge in [0.05, 0.1) is 0 Å². The Morgan fingerprint density at radius 3 is 1.05 bits per heavy atom. The molecule has 110 valence electrons. The molecule has 0 fully saturated rings. The van der Waals surface area contributed by atoms with Crippen molar-refractivity contribution in [3.05, 3.63) is 48.6 Å². The Morgan fingerprint density at radius 2 is 0.700 bits per heavy atom. The number of unbranched alkanes of at least 4 members (excludes halogenated alkanes) is 7. The highest BCUT2D eigenvalue weighted by Crippen LogP contribution is 2.19. The molecule has 0 aromatic heterocycles. The maximum absolute atomic E-state index is 2.33. The molecular weight excluding hydrogens is 240 g/mol. The quantitative estimate of drug-likeness (QED) is 0.382. The molecule has 0 amide bonds. The highest BCUT2D eigenvalue weighted by molar-refractivity contribution is 5.17. The van der Waals surface area contributed by atoms with Gasteiger partial charge in [-0.25, -0.2) is 0 Å². The molecule has 2 rings (SSSR count). The molecule has 0 aliphatic heterocycles. The molecule has 0 atom stereocenters. The normalized spacial score (nSPS) is 17.8. The Hall–Kier alpha value is -1.04. The third kappa shape index (κ3) is 6.41. The molecule has 0 unspecified atom stereocenters. The fourth-order valence-corrected chi connectivity index (χ4v) is 3.16. The molecule has 0 radical (unpaired) electrons. The van der Waals surface area contributed by atoms with Crippen LogP contribution < -0.4 is 0 Å². The molecule has 0 aromatic rings. The first-order valence-electron chi connectivity index (χ1n) is 8.65. The van der Waals surface area contributed by atoms with E-state index in [-0.39, 0.29) is 0 Å². The predicted molar refractivity (Wildman–Crippen MR) is 89.7 cm³/mol. The largest absolute Gasteiger partial charge is 0.0776 e. The lowest BCUT2D eigenvalue weighted by molar-refractivity contribution is 0.532. The lowest BCUT2D eigenvalue weighted by atomic mass is 10.00. The average molecular weight is 270 g/mol. The molecule has 2 aliphatic rings. The van der Waals surface area contributed by atoms with E-state index in [1.807, 2.05) is 0 Å². The molecule has 0 heterocycles. The van der Waals surface area contributed by atoms with Crippen LogP contribution >= 0.6 is 0 Å². The summed E-state index contributed by atoms with van der Waals surface area (Å²) in [7, 11) is 0. The topological polar surface area (TPSA) is 0 Å². The molecule has 0 bridgehead atoms. The second kappa shape index (κ2) is 9.80. The van der Waals surface area contributed by atoms with Crippen LogP contribution in [0, 0.1) is 11.8 Å². The standard InChI is InChI=1S/C20H30/c1(3-5-7-13-19-15-9-10-16-19)2-4-6-8-14-20-17-11-12-18-20/h9-12,15-20H,1-8,13-14H2. The summed E-state index contributed by atoms with van der Waals surface area (Å²) in [5.41, 5.74) is 0. The maximum atomic E-state index is 2.33. The number of rotatable bonds is 11. The Bertz CT molecular complexity index is 296. The van der Waals surface area contributed by atoms with Crippen LogP contribution in [0.1, 0.15) is 64.2 Å². The molecule has 20 heavy (non-hydrogen) atoms. The monoisotopic (exact) mass is 270 g/mol. The summed E-state index contributed by atoms with van der Waals surface area (Å²) in [6, 6.07) is 0. The van der Waals surface area contributed by atoms with Gasteiger partial charge in [-0.2, -0.15) is 0 Å². The first-order chi connectivity index (χ1) is 9.95. The molecule has 0 saturated heterocycles. The van der Waals surface area contributed by atoms with Crippen molar-refractivity contribution in [3.63, 3.8) is 0 Å². The second-order valence-corrected chi connectivity index (χ2v) is 6.27. The first kappa shape index (κ1) is 15.4. The van der Waals surface area contributed by atoms with E-state index in [0.29, 0.717) is 0 Å². The van der Waals surface area contributed by atoms with Crippen LogP contribution in [0.4, 0.5) is 0 Å². The van der Waals surface area contributed by atoms with E-state index < -0.39 is 0 Å². The summed E-state index contributed by atoms with van der Waals surface area (Å²) in [4.78, 5) is 0. The van der Waals surface area contributed by atoms with Crippen molar-refractivity contribution in [1.29, 1.82) is 0 Å². The van der Waals surface area contributed by atoms with Gasteiger partial charge in [0.25, 0.3) is 0 Å². The SMILES string of the molecule is C1=CC(CCCCCCCCCCC2C=CC=C2)C=C1. The smallest absolute Gasteiger partial charge is 0.00473 e. The zero-order valence-corrected chi connectivity index (χ0v) is 12.8. The van der Waals surface area contributed by atoms with E-state index >= 15 is 0 Å². The van der Waals surface area contributed by atoms with Gasteiger partial charge in [-0.1, -0.05) is 100.0 Å². The van der Waals surface area contributed by atoms with Crippen molar-refractivity contribution in [1.82, 2.24) is 0 Å². The zero-order chi connectivity index (χ0) is 13.9. The Balaban J connectivity index is 1.30. The minimum absolute atomic E-state index is 0.744. The van der Waals surface area contributed by atoms with Crippen LogP contribution in [0.5, 0.6) is 0 Å². The van der Waals surface area contributed by atoms with Gasteiger partial charge in [0.15, 0.2) is 0 Å². The summed E-state index contributed by atoms with van der Waals surface area (Å²) < 4.78 is 0. The molecule has 2 aliphatic carbocycles. The van der Waals surface area contributed by atoms with Crippen molar-refractivity contribution in [3.8, 4) is 0 Å². The van der Waals surface area contributed by atoms with E-state index in [2.05, 4.69) is 48.6 Å². The Kier molecular flexibility index (Phi) is 7.52. The van der Waals surface area contributed by atoms with Crippen molar-refractivity contribution in [2.45, 2.75) is 64.2 Å². The third-order valence-electron chi connectivity index (χ3n) is 4.48. The lowest BCUT2D eigenvalue weighted by Crippen LogP contribution is -1.90. The average Bonchev–Trinajstić information content (AvgIpc) is 3.14. The fourth-order valence-electron chi connectivity index (χ4n) is 3.16. The molecular formula is C20H30. The second-order valence-electron chi connectivity index (χ2n) is 6.27. The third-order valence-corrected chi connectivity index (χ3v) is 4.48. The Morgan fingerprint density at radius 1 is 0.400 bits per heavy atom. The van der Waals surface area contributed by atoms with Gasteiger partial charge in [0.1, 0.15) is 0 Å². The first-order valence-corrected chi connectivity index (χ1v) is 8.65. The van der Waals surface area contributed by atoms with Gasteiger partial charge in [0.2, 0.25) is 0 Å². The van der Waals surface area contributed by atoms with Crippen molar-refractivity contribution >= 4 is 0 Å². The summed E-state index contributed by atoms with van der Waals surface area (Å²) in [5.74, 6) is 1.49. The van der Waals surface area contributed by atoms with Gasteiger partial charge >= 0.3 is 0 Å². The van der Waals surface area contributed by atoms with Gasteiger partial charge < -0.3 is 0 Å². The highest BCUT2D eigenvalue weighted by Gasteiger charge is 2.03. The summed E-state index contributed by atoms with van der Waals surface area (Å²) in [5, 5.41) is 0. The van der Waals surface area contributed by atoms with Gasteiger partial charge in [-0.3, -0.25) is 0 Å². The maximum Gasteiger partial charge on any atom is -0.00473 e. The van der Waals surface area contributed by atoms with Crippen LogP contribution in [0.15, 0.2) is 48.6 Å². The van der Waals surface area contributed by atoms with Gasteiger partial charge in [-0.05, 0) is 24.7 Å². The minimum atomic E-state index is 0.744. The Labute approximate surface area is 125 Å². The van der Waals surface area contributed by atoms with Crippen molar-refractivity contribution in [2.24, 2.45) is 11.8 Å². The number of hydrogen-bond donors (Lipinski definition) is 0. The van der Waals surface area contributed by atoms with E-state index in [1.54, 1.807) is 0 Å². The fraction of sp³-hybridized carbons (Fsp3) is 0.600. The zero-order valence-electron chi connectivity index (χ0n) is 12.8. The minimum Gasteiger partial charge on any atom is -0.0776 e. The summed E-state index contributed by atoms with van der Waals surface area (Å²) in [6.45, 7) is 0. The molecule has 0 spiro atoms. The van der Waals surface area contributed by atoms with E-state index in [0.717, 1.165) is 11.8 Å². The van der Waals surface area contributed by atoms with Crippen LogP contribution in [0.3, 0.4) is 0 Å². The number of allylic oxidation sites excluding steroid dienone is 8. The van der Waals surface area contributed by atoms with E-state index in [1.165, 1.54) is 64.2 Å². The predicted octanol–water partition coefficient (Wildman–Crippen LogP) is 6.37. The molecule has 0 nitrogen and oxygen atoms in total. The van der Waals surface area contributed by atoms with E-state index in [4.69, 9.17) is 0 Å². The number of hydrogen-bond acceptors (Lipinski definition) is 0. The van der Waals surface area contributed by atoms with Crippen molar-refractivity contribution in [2.75, 3.05) is 0 Å². The van der Waals surface area contributed by atoms with E-state index in [9.17, 15) is 0 Å². The molecule has 0 heteroatoms. The van der Waals surface area contributed by atoms with Crippen LogP contribution in [-0.4, -0.2) is 0 Å². The molecule has 0 saturated carbocycles. The highest BCUT2D eigenvalue weighted by atomic mass is 14.1. The van der Waals surface area contributed by atoms with Gasteiger partial charge in [-0.15, -0.1) is 0 Å². The molecule has 0 N–H and O–H groups in total. The summed E-state index contributed by atoms with van der Waals surface area (Å²) >= 11 is 0.